The van der Waals surface area contributed by atoms with Crippen molar-refractivity contribution in [3.05, 3.63) is 0 Å². The molecule has 22 heteroatoms. The SMILES string of the molecule is CNC[C@H]1O[C@H](O[C@@H]2[C@@H](N)[C@H](O)[C@@H](NC(=O)[C@@H](O)CCN)[C@H](O)[C@H]2O[C@@H]2O[C@H](CO)[C@@H](O[C@H]3O[C@@H](CN)[C@@H](O)[C@H](O)[C@H]3N)[C@H]2O)[C@H](N)C[C@@H]1O. The third-order valence-corrected chi connectivity index (χ3v) is 9.55. The minimum absolute atomic E-state index is 0.0359. The van der Waals surface area contributed by atoms with Crippen LogP contribution in [-0.4, -0.2) is 202 Å². The molecule has 50 heavy (non-hydrogen) atoms. The van der Waals surface area contributed by atoms with Crippen molar-refractivity contribution < 1.29 is 74.1 Å². The highest BCUT2D eigenvalue weighted by Gasteiger charge is 2.56. The highest BCUT2D eigenvalue weighted by atomic mass is 16.8. The maximum atomic E-state index is 12.7. The molecule has 3 aliphatic heterocycles. The van der Waals surface area contributed by atoms with Crippen LogP contribution in [0, 0.1) is 0 Å². The molecular formula is C28H55N7O15. The fourth-order valence-electron chi connectivity index (χ4n) is 6.59. The van der Waals surface area contributed by atoms with E-state index in [1.165, 1.54) is 0 Å². The summed E-state index contributed by atoms with van der Waals surface area (Å²) >= 11 is 0. The van der Waals surface area contributed by atoms with Gasteiger partial charge in [-0.1, -0.05) is 0 Å². The van der Waals surface area contributed by atoms with Crippen LogP contribution in [0.1, 0.15) is 12.8 Å². The Labute approximate surface area is 288 Å². The number of rotatable bonds is 14. The van der Waals surface area contributed by atoms with E-state index in [1.807, 2.05) is 0 Å². The van der Waals surface area contributed by atoms with Gasteiger partial charge in [-0.3, -0.25) is 4.79 Å². The summed E-state index contributed by atoms with van der Waals surface area (Å²) in [5.41, 5.74) is 29.8. The third kappa shape index (κ3) is 8.88. The van der Waals surface area contributed by atoms with Crippen LogP contribution in [0.2, 0.25) is 0 Å². The lowest BCUT2D eigenvalue weighted by molar-refractivity contribution is -0.303. The zero-order chi connectivity index (χ0) is 37.0. The lowest BCUT2D eigenvalue weighted by atomic mass is 9.81. The van der Waals surface area contributed by atoms with Crippen molar-refractivity contribution in [1.29, 1.82) is 0 Å². The molecule has 3 heterocycles. The summed E-state index contributed by atoms with van der Waals surface area (Å²) in [4.78, 5) is 12.7. The number of aliphatic hydroxyl groups excluding tert-OH is 8. The number of hydrogen-bond donors (Lipinski definition) is 15. The molecule has 3 saturated heterocycles. The van der Waals surface area contributed by atoms with Gasteiger partial charge in [0.2, 0.25) is 5.91 Å². The minimum Gasteiger partial charge on any atom is -0.394 e. The van der Waals surface area contributed by atoms with Gasteiger partial charge in [0.05, 0.1) is 49.1 Å². The van der Waals surface area contributed by atoms with E-state index in [0.29, 0.717) is 0 Å². The molecule has 20 atom stereocenters. The van der Waals surface area contributed by atoms with E-state index in [-0.39, 0.29) is 32.5 Å². The lowest BCUT2D eigenvalue weighted by Gasteiger charge is -2.49. The van der Waals surface area contributed by atoms with Gasteiger partial charge in [0.25, 0.3) is 0 Å². The summed E-state index contributed by atoms with van der Waals surface area (Å²) in [6, 6.07) is -5.19. The number of carbonyl (C=O) groups excluding carboxylic acids is 1. The lowest BCUT2D eigenvalue weighted by Crippen LogP contribution is -2.73. The van der Waals surface area contributed by atoms with Crippen molar-refractivity contribution in [3.63, 3.8) is 0 Å². The first-order chi connectivity index (χ1) is 23.7. The predicted molar refractivity (Wildman–Crippen MR) is 167 cm³/mol. The van der Waals surface area contributed by atoms with Crippen LogP contribution < -0.4 is 39.3 Å². The summed E-state index contributed by atoms with van der Waals surface area (Å²) in [7, 11) is 1.65. The van der Waals surface area contributed by atoms with Gasteiger partial charge < -0.3 is 109 Å². The summed E-state index contributed by atoms with van der Waals surface area (Å²) < 4.78 is 35.3. The van der Waals surface area contributed by atoms with Gasteiger partial charge in [-0.05, 0) is 26.4 Å². The van der Waals surface area contributed by atoms with Crippen LogP contribution in [0.4, 0.5) is 0 Å². The van der Waals surface area contributed by atoms with E-state index >= 15 is 0 Å². The molecule has 1 aliphatic carbocycles. The fraction of sp³-hybridized carbons (Fsp3) is 0.964. The smallest absolute Gasteiger partial charge is 0.249 e. The van der Waals surface area contributed by atoms with Gasteiger partial charge >= 0.3 is 0 Å². The number of nitrogens with one attached hydrogen (secondary N) is 2. The Morgan fingerprint density at radius 3 is 2.02 bits per heavy atom. The Kier molecular flexibility index (Phi) is 15.0. The molecule has 0 aromatic heterocycles. The summed E-state index contributed by atoms with van der Waals surface area (Å²) in [5, 5.41) is 90.7. The highest BCUT2D eigenvalue weighted by molar-refractivity contribution is 5.80. The van der Waals surface area contributed by atoms with Crippen LogP contribution in [0.5, 0.6) is 0 Å². The standard InChI is InChI=1S/C28H55N7O15/c1-34-6-12-10(38)4-8(31)26(46-12)49-23-14(32)18(40)16(35-25(44)9(37)2-3-29)20(42)24(23)50-28-21(43)22(13(7-36)47-28)48-27-15(33)19(41)17(39)11(5-30)45-27/h8-24,26-28,34,36-43H,2-7,29-33H2,1H3,(H,35,44)/t8-,9+,10+,11+,12-,13-,14+,15-,16-,17-,18+,19-,20+,21-,22-,23-,24-,26-,27-,28+/m1/s1. The normalized spacial score (nSPS) is 47.6. The minimum atomic E-state index is -1.84. The van der Waals surface area contributed by atoms with Crippen LogP contribution in [0.3, 0.4) is 0 Å². The van der Waals surface area contributed by atoms with Gasteiger partial charge in [-0.25, -0.2) is 0 Å². The van der Waals surface area contributed by atoms with Crippen molar-refractivity contribution in [2.45, 2.75) is 135 Å². The molecule has 4 rings (SSSR count). The van der Waals surface area contributed by atoms with Crippen LogP contribution in [0.15, 0.2) is 0 Å². The number of ether oxygens (including phenoxy) is 6. The monoisotopic (exact) mass is 729 g/mol. The predicted octanol–water partition coefficient (Wildman–Crippen LogP) is -9.77. The maximum Gasteiger partial charge on any atom is 0.249 e. The van der Waals surface area contributed by atoms with Crippen molar-refractivity contribution >= 4 is 5.91 Å². The summed E-state index contributed by atoms with van der Waals surface area (Å²) in [6.45, 7) is -0.748. The van der Waals surface area contributed by atoms with Crippen molar-refractivity contribution in [2.24, 2.45) is 28.7 Å². The summed E-state index contributed by atoms with van der Waals surface area (Å²) in [6.07, 6.45) is -22.8. The van der Waals surface area contributed by atoms with E-state index in [9.17, 15) is 45.6 Å². The quantitative estimate of drug-likeness (QED) is 0.0789. The molecule has 1 saturated carbocycles. The highest BCUT2D eigenvalue weighted by Crippen LogP contribution is 2.35. The first-order valence-electron chi connectivity index (χ1n) is 16.6. The number of aliphatic hydroxyl groups is 8. The van der Waals surface area contributed by atoms with Crippen LogP contribution in [-0.2, 0) is 33.2 Å². The Morgan fingerprint density at radius 1 is 0.780 bits per heavy atom. The molecule has 0 unspecified atom stereocenters. The van der Waals surface area contributed by atoms with Crippen LogP contribution >= 0.6 is 0 Å². The molecule has 0 bridgehead atoms. The Morgan fingerprint density at radius 2 is 1.40 bits per heavy atom. The summed E-state index contributed by atoms with van der Waals surface area (Å²) in [5.74, 6) is -0.969. The van der Waals surface area contributed by atoms with Crippen LogP contribution in [0.25, 0.3) is 0 Å². The molecule has 1 amide bonds. The maximum absolute atomic E-state index is 12.7. The first kappa shape index (κ1) is 41.4. The topological polar surface area (TPSA) is 388 Å². The Hall–Kier alpha value is -1.33. The molecule has 4 fully saturated rings. The number of amides is 1. The van der Waals surface area contributed by atoms with Gasteiger partial charge in [0, 0.05) is 13.1 Å². The van der Waals surface area contributed by atoms with E-state index in [0.717, 1.165) is 0 Å². The number of carbonyl (C=O) groups is 1. The third-order valence-electron chi connectivity index (χ3n) is 9.55. The Bertz CT molecular complexity index is 1070. The molecule has 20 N–H and O–H groups in total. The number of nitrogens with two attached hydrogens (primary N) is 5. The second kappa shape index (κ2) is 18.1. The zero-order valence-electron chi connectivity index (χ0n) is 27.6. The van der Waals surface area contributed by atoms with E-state index in [2.05, 4.69) is 10.6 Å². The van der Waals surface area contributed by atoms with Gasteiger partial charge in [0.1, 0.15) is 61.0 Å². The average Bonchev–Trinajstić information content (AvgIpc) is 3.38. The van der Waals surface area contributed by atoms with E-state index in [4.69, 9.17) is 57.1 Å². The Balaban J connectivity index is 1.59. The first-order valence-corrected chi connectivity index (χ1v) is 16.6. The molecule has 22 nitrogen and oxygen atoms in total. The van der Waals surface area contributed by atoms with E-state index < -0.39 is 135 Å². The largest absolute Gasteiger partial charge is 0.394 e. The van der Waals surface area contributed by atoms with Gasteiger partial charge in [-0.15, -0.1) is 0 Å². The molecule has 0 radical (unpaired) electrons. The number of hydrogen-bond acceptors (Lipinski definition) is 21. The molecular weight excluding hydrogens is 674 g/mol. The molecule has 0 aromatic rings. The van der Waals surface area contributed by atoms with Crippen molar-refractivity contribution in [1.82, 2.24) is 10.6 Å². The van der Waals surface area contributed by atoms with Crippen molar-refractivity contribution in [3.8, 4) is 0 Å². The molecule has 0 aromatic carbocycles. The molecule has 0 spiro atoms. The van der Waals surface area contributed by atoms with Crippen molar-refractivity contribution in [2.75, 3.05) is 33.3 Å². The second-order valence-electron chi connectivity index (χ2n) is 13.1. The second-order valence-corrected chi connectivity index (χ2v) is 13.1. The fourth-order valence-corrected chi connectivity index (χ4v) is 6.59. The molecule has 4 aliphatic rings. The molecule has 292 valence electrons. The van der Waals surface area contributed by atoms with Gasteiger partial charge in [-0.2, -0.15) is 0 Å². The zero-order valence-corrected chi connectivity index (χ0v) is 27.6. The van der Waals surface area contributed by atoms with Gasteiger partial charge in [0.15, 0.2) is 18.9 Å². The van der Waals surface area contributed by atoms with E-state index in [1.54, 1.807) is 7.05 Å². The average molecular weight is 730 g/mol. The number of likely N-dealkylation sites (N-methyl/N-ethyl adjacent to an activating group) is 1.